The monoisotopic (exact) mass is 352 g/mol. The van der Waals surface area contributed by atoms with Gasteiger partial charge in [0.05, 0.1) is 6.20 Å². The normalized spacial score (nSPS) is 11.5. The third kappa shape index (κ3) is 2.64. The minimum atomic E-state index is -5.64. The van der Waals surface area contributed by atoms with Crippen LogP contribution in [0.2, 0.25) is 0 Å². The van der Waals surface area contributed by atoms with Crippen molar-refractivity contribution in [3.63, 3.8) is 0 Å². The van der Waals surface area contributed by atoms with Gasteiger partial charge in [-0.2, -0.15) is 23.5 Å². The third-order valence-electron chi connectivity index (χ3n) is 2.97. The molecule has 1 heterocycles. The van der Waals surface area contributed by atoms with Crippen LogP contribution in [0.15, 0.2) is 6.20 Å². The maximum absolute atomic E-state index is 14.0. The lowest BCUT2D eigenvalue weighted by molar-refractivity contribution is -0.143. The Bertz CT molecular complexity index is 803. The molecule has 0 atom stereocenters. The lowest BCUT2D eigenvalue weighted by atomic mass is 10.1. The number of nitriles is 1. The zero-order chi connectivity index (χ0) is 18.2. The molecule has 0 spiro atoms. The third-order valence-corrected chi connectivity index (χ3v) is 2.97. The second-order valence-corrected chi connectivity index (χ2v) is 4.44. The largest absolute Gasteiger partial charge is 0.422 e. The predicted octanol–water partition coefficient (Wildman–Crippen LogP) is 3.75. The van der Waals surface area contributed by atoms with Crippen molar-refractivity contribution in [2.45, 2.75) is 13.1 Å². The van der Waals surface area contributed by atoms with Gasteiger partial charge in [-0.15, -0.1) is 0 Å². The van der Waals surface area contributed by atoms with E-state index in [0.717, 1.165) is 6.20 Å². The van der Waals surface area contributed by atoms with Crippen molar-refractivity contribution in [1.82, 2.24) is 9.78 Å². The molecule has 0 aliphatic carbocycles. The Balaban J connectivity index is 2.84. The van der Waals surface area contributed by atoms with Crippen molar-refractivity contribution < 1.29 is 30.7 Å². The number of anilines is 1. The van der Waals surface area contributed by atoms with Crippen molar-refractivity contribution in [1.29, 1.82) is 5.26 Å². The standard InChI is InChI=1S/C13H7F7N4/c1-2-22-12-5(3-21)4-23-24(12)11-9(16)7(14)6(13(18,19)20)8(15)10(11)17/h4,22H,2H2,1H3. The minimum absolute atomic E-state index is 0.134. The van der Waals surface area contributed by atoms with Crippen LogP contribution in [0.3, 0.4) is 0 Å². The van der Waals surface area contributed by atoms with Crippen molar-refractivity contribution in [3.05, 3.63) is 40.6 Å². The van der Waals surface area contributed by atoms with E-state index >= 15 is 0 Å². The molecule has 0 saturated carbocycles. The molecule has 2 rings (SSSR count). The van der Waals surface area contributed by atoms with Crippen LogP contribution in [0.4, 0.5) is 36.6 Å². The summed E-state index contributed by atoms with van der Waals surface area (Å²) in [7, 11) is 0. The molecule has 0 bridgehead atoms. The Labute approximate surface area is 130 Å². The van der Waals surface area contributed by atoms with Crippen LogP contribution in [-0.4, -0.2) is 16.3 Å². The molecule has 0 radical (unpaired) electrons. The van der Waals surface area contributed by atoms with E-state index in [0.29, 0.717) is 4.68 Å². The van der Waals surface area contributed by atoms with Crippen LogP contribution < -0.4 is 5.32 Å². The molecule has 1 N–H and O–H groups in total. The highest BCUT2D eigenvalue weighted by Crippen LogP contribution is 2.38. The van der Waals surface area contributed by atoms with Crippen LogP contribution in [0.5, 0.6) is 0 Å². The van der Waals surface area contributed by atoms with Gasteiger partial charge in [0.15, 0.2) is 23.3 Å². The molecule has 24 heavy (non-hydrogen) atoms. The van der Waals surface area contributed by atoms with Crippen molar-refractivity contribution >= 4 is 5.82 Å². The number of benzene rings is 1. The molecule has 0 aliphatic rings. The second kappa shape index (κ2) is 6.03. The summed E-state index contributed by atoms with van der Waals surface area (Å²) in [5.41, 5.74) is -4.41. The highest BCUT2D eigenvalue weighted by molar-refractivity contribution is 5.57. The van der Waals surface area contributed by atoms with Gasteiger partial charge in [-0.05, 0) is 6.92 Å². The van der Waals surface area contributed by atoms with E-state index in [4.69, 9.17) is 5.26 Å². The molecule has 1 aromatic heterocycles. The first-order valence-electron chi connectivity index (χ1n) is 6.30. The molecule has 0 saturated heterocycles. The molecule has 4 nitrogen and oxygen atoms in total. The van der Waals surface area contributed by atoms with E-state index < -0.39 is 40.7 Å². The van der Waals surface area contributed by atoms with Gasteiger partial charge >= 0.3 is 6.18 Å². The highest BCUT2D eigenvalue weighted by Gasteiger charge is 2.43. The lowest BCUT2D eigenvalue weighted by Gasteiger charge is -2.15. The summed E-state index contributed by atoms with van der Waals surface area (Å²) in [5.74, 6) is -10.1. The Hall–Kier alpha value is -2.77. The zero-order valence-corrected chi connectivity index (χ0v) is 11.8. The molecule has 1 aromatic carbocycles. The van der Waals surface area contributed by atoms with Gasteiger partial charge in [-0.1, -0.05) is 0 Å². The first-order chi connectivity index (χ1) is 11.1. The number of halogens is 7. The van der Waals surface area contributed by atoms with E-state index in [-0.39, 0.29) is 17.9 Å². The minimum Gasteiger partial charge on any atom is -0.369 e. The number of hydrogen-bond acceptors (Lipinski definition) is 3. The smallest absolute Gasteiger partial charge is 0.369 e. The summed E-state index contributed by atoms with van der Waals surface area (Å²) in [6, 6.07) is 1.62. The first-order valence-corrected chi connectivity index (χ1v) is 6.30. The summed E-state index contributed by atoms with van der Waals surface area (Å²) in [4.78, 5) is 0. The fraction of sp³-hybridized carbons (Fsp3) is 0.231. The van der Waals surface area contributed by atoms with Crippen LogP contribution in [-0.2, 0) is 6.18 Å². The van der Waals surface area contributed by atoms with Gasteiger partial charge < -0.3 is 5.32 Å². The maximum atomic E-state index is 14.0. The maximum Gasteiger partial charge on any atom is 0.422 e. The van der Waals surface area contributed by atoms with Gasteiger partial charge in [-0.3, -0.25) is 0 Å². The zero-order valence-electron chi connectivity index (χ0n) is 11.8. The molecule has 2 aromatic rings. The van der Waals surface area contributed by atoms with Crippen LogP contribution in [0.1, 0.15) is 18.1 Å². The fourth-order valence-corrected chi connectivity index (χ4v) is 1.99. The molecule has 0 unspecified atom stereocenters. The van der Waals surface area contributed by atoms with E-state index in [1.165, 1.54) is 0 Å². The van der Waals surface area contributed by atoms with Crippen LogP contribution >= 0.6 is 0 Å². The Morgan fingerprint density at radius 3 is 2.08 bits per heavy atom. The van der Waals surface area contributed by atoms with E-state index in [1.54, 1.807) is 13.0 Å². The number of aromatic nitrogens is 2. The fourth-order valence-electron chi connectivity index (χ4n) is 1.99. The number of rotatable bonds is 3. The van der Waals surface area contributed by atoms with Crippen molar-refractivity contribution in [3.8, 4) is 11.8 Å². The quantitative estimate of drug-likeness (QED) is 0.676. The van der Waals surface area contributed by atoms with Crippen molar-refractivity contribution in [2.24, 2.45) is 0 Å². The molecule has 128 valence electrons. The average Bonchev–Trinajstić information content (AvgIpc) is 2.88. The van der Waals surface area contributed by atoms with Gasteiger partial charge in [0.2, 0.25) is 0 Å². The van der Waals surface area contributed by atoms with Gasteiger partial charge in [0, 0.05) is 6.54 Å². The molecule has 11 heteroatoms. The SMILES string of the molecule is CCNc1c(C#N)cnn1-c1c(F)c(F)c(C(F)(F)F)c(F)c1F. The van der Waals surface area contributed by atoms with Gasteiger partial charge in [0.1, 0.15) is 28.7 Å². The Morgan fingerprint density at radius 1 is 1.12 bits per heavy atom. The van der Waals surface area contributed by atoms with Gasteiger partial charge in [0.25, 0.3) is 0 Å². The van der Waals surface area contributed by atoms with E-state index in [2.05, 4.69) is 10.4 Å². The van der Waals surface area contributed by atoms with Crippen LogP contribution in [0, 0.1) is 34.6 Å². The van der Waals surface area contributed by atoms with E-state index in [1.807, 2.05) is 0 Å². The van der Waals surface area contributed by atoms with Crippen molar-refractivity contribution in [2.75, 3.05) is 11.9 Å². The number of nitrogens with one attached hydrogen (secondary N) is 1. The summed E-state index contributed by atoms with van der Waals surface area (Å²) in [6.07, 6.45) is -4.80. The predicted molar refractivity (Wildman–Crippen MR) is 67.3 cm³/mol. The second-order valence-electron chi connectivity index (χ2n) is 4.44. The summed E-state index contributed by atoms with van der Waals surface area (Å²) < 4.78 is 93.3. The number of hydrogen-bond donors (Lipinski definition) is 1. The Kier molecular flexibility index (Phi) is 4.42. The molecular formula is C13H7F7N4. The summed E-state index contributed by atoms with van der Waals surface area (Å²) in [5, 5.41) is 14.8. The molecule has 0 aliphatic heterocycles. The van der Waals surface area contributed by atoms with Gasteiger partial charge in [-0.25, -0.2) is 22.2 Å². The summed E-state index contributed by atoms with van der Waals surface area (Å²) in [6.45, 7) is 1.67. The summed E-state index contributed by atoms with van der Waals surface area (Å²) >= 11 is 0. The molecular weight excluding hydrogens is 345 g/mol. The molecule has 0 amide bonds. The Morgan fingerprint density at radius 2 is 1.67 bits per heavy atom. The topological polar surface area (TPSA) is 53.6 Å². The first kappa shape index (κ1) is 17.6. The average molecular weight is 352 g/mol. The highest BCUT2D eigenvalue weighted by atomic mass is 19.4. The number of nitrogens with zero attached hydrogens (tertiary/aromatic N) is 3. The van der Waals surface area contributed by atoms with E-state index in [9.17, 15) is 30.7 Å². The molecule has 0 fully saturated rings. The number of alkyl halides is 3. The van der Waals surface area contributed by atoms with Crippen LogP contribution in [0.25, 0.3) is 5.69 Å². The lowest BCUT2D eigenvalue weighted by Crippen LogP contribution is -2.19.